The molecular formula is C11H22O. The van der Waals surface area contributed by atoms with Gasteiger partial charge in [0.2, 0.25) is 0 Å². The third-order valence-electron chi connectivity index (χ3n) is 2.66. The average molecular weight is 170 g/mol. The van der Waals surface area contributed by atoms with Crippen molar-refractivity contribution >= 4 is 0 Å². The van der Waals surface area contributed by atoms with Gasteiger partial charge in [0, 0.05) is 6.61 Å². The van der Waals surface area contributed by atoms with Gasteiger partial charge in [0.25, 0.3) is 0 Å². The molecule has 1 aliphatic heterocycles. The topological polar surface area (TPSA) is 9.23 Å². The molecule has 0 aliphatic carbocycles. The molecule has 12 heavy (non-hydrogen) atoms. The van der Waals surface area contributed by atoms with Crippen LogP contribution in [-0.2, 0) is 4.74 Å². The molecule has 2 atom stereocenters. The zero-order valence-corrected chi connectivity index (χ0v) is 8.84. The summed E-state index contributed by atoms with van der Waals surface area (Å²) in [6.45, 7) is 10.1. The van der Waals surface area contributed by atoms with E-state index in [1.165, 1.54) is 12.8 Å². The standard InChI is InChI=1S/C11H22O/c1-8(2)5-10-6-11(9(3)4)12-7-10/h8-11H,5-7H2,1-4H3. The second kappa shape index (κ2) is 4.27. The normalized spacial score (nSPS) is 30.5. The van der Waals surface area contributed by atoms with Gasteiger partial charge in [0.1, 0.15) is 0 Å². The number of hydrogen-bond donors (Lipinski definition) is 0. The van der Waals surface area contributed by atoms with Gasteiger partial charge in [-0.1, -0.05) is 27.7 Å². The molecule has 0 aromatic heterocycles. The highest BCUT2D eigenvalue weighted by Gasteiger charge is 2.27. The van der Waals surface area contributed by atoms with Crippen molar-refractivity contribution in [1.29, 1.82) is 0 Å². The molecule has 0 saturated carbocycles. The predicted octanol–water partition coefficient (Wildman–Crippen LogP) is 3.09. The van der Waals surface area contributed by atoms with Gasteiger partial charge in [0.15, 0.2) is 0 Å². The van der Waals surface area contributed by atoms with Crippen molar-refractivity contribution < 1.29 is 4.74 Å². The average Bonchev–Trinajstić information content (AvgIpc) is 2.34. The molecule has 0 aromatic rings. The van der Waals surface area contributed by atoms with E-state index in [1.807, 2.05) is 0 Å². The molecule has 0 aromatic carbocycles. The first-order valence-electron chi connectivity index (χ1n) is 5.21. The lowest BCUT2D eigenvalue weighted by Crippen LogP contribution is -2.13. The Kier molecular flexibility index (Phi) is 3.57. The fourth-order valence-corrected chi connectivity index (χ4v) is 2.02. The zero-order chi connectivity index (χ0) is 9.14. The van der Waals surface area contributed by atoms with Crippen LogP contribution in [0.15, 0.2) is 0 Å². The van der Waals surface area contributed by atoms with E-state index in [1.54, 1.807) is 0 Å². The Hall–Kier alpha value is -0.0400. The summed E-state index contributed by atoms with van der Waals surface area (Å²) in [5, 5.41) is 0. The number of hydrogen-bond acceptors (Lipinski definition) is 1. The lowest BCUT2D eigenvalue weighted by molar-refractivity contribution is 0.0724. The third-order valence-corrected chi connectivity index (χ3v) is 2.66. The SMILES string of the molecule is CC(C)CC1COC(C(C)C)C1. The quantitative estimate of drug-likeness (QED) is 0.632. The highest BCUT2D eigenvalue weighted by Crippen LogP contribution is 2.29. The Bertz CT molecular complexity index is 129. The van der Waals surface area contributed by atoms with Gasteiger partial charge in [-0.25, -0.2) is 0 Å². The summed E-state index contributed by atoms with van der Waals surface area (Å²) in [4.78, 5) is 0. The highest BCUT2D eigenvalue weighted by atomic mass is 16.5. The first-order chi connectivity index (χ1) is 5.59. The lowest BCUT2D eigenvalue weighted by Gasteiger charge is -2.13. The fraction of sp³-hybridized carbons (Fsp3) is 1.00. The molecule has 1 heteroatoms. The molecule has 0 amide bonds. The minimum atomic E-state index is 0.536. The summed E-state index contributed by atoms with van der Waals surface area (Å²) in [7, 11) is 0. The highest BCUT2D eigenvalue weighted by molar-refractivity contribution is 4.76. The van der Waals surface area contributed by atoms with Crippen LogP contribution in [0, 0.1) is 17.8 Å². The van der Waals surface area contributed by atoms with Crippen molar-refractivity contribution in [3.8, 4) is 0 Å². The van der Waals surface area contributed by atoms with Crippen LogP contribution in [0.2, 0.25) is 0 Å². The van der Waals surface area contributed by atoms with Crippen LogP contribution in [-0.4, -0.2) is 12.7 Å². The Morgan fingerprint density at radius 1 is 1.25 bits per heavy atom. The lowest BCUT2D eigenvalue weighted by atomic mass is 9.92. The van der Waals surface area contributed by atoms with Crippen LogP contribution in [0.5, 0.6) is 0 Å². The van der Waals surface area contributed by atoms with Crippen molar-refractivity contribution in [3.63, 3.8) is 0 Å². The zero-order valence-electron chi connectivity index (χ0n) is 8.84. The maximum atomic E-state index is 5.73. The van der Waals surface area contributed by atoms with Gasteiger partial charge in [-0.2, -0.15) is 0 Å². The number of ether oxygens (including phenoxy) is 1. The van der Waals surface area contributed by atoms with Crippen LogP contribution in [0.25, 0.3) is 0 Å². The summed E-state index contributed by atoms with van der Waals surface area (Å²) in [6, 6.07) is 0. The Morgan fingerprint density at radius 3 is 2.33 bits per heavy atom. The van der Waals surface area contributed by atoms with Crippen molar-refractivity contribution in [2.45, 2.75) is 46.6 Å². The van der Waals surface area contributed by atoms with Crippen LogP contribution in [0.3, 0.4) is 0 Å². The van der Waals surface area contributed by atoms with E-state index in [9.17, 15) is 0 Å². The molecule has 1 heterocycles. The molecule has 1 nitrogen and oxygen atoms in total. The maximum absolute atomic E-state index is 5.73. The molecule has 0 spiro atoms. The van der Waals surface area contributed by atoms with Crippen molar-refractivity contribution in [1.82, 2.24) is 0 Å². The van der Waals surface area contributed by atoms with E-state index in [2.05, 4.69) is 27.7 Å². The first kappa shape index (κ1) is 10.0. The van der Waals surface area contributed by atoms with E-state index in [4.69, 9.17) is 4.74 Å². The summed E-state index contributed by atoms with van der Waals surface area (Å²) in [5.41, 5.74) is 0. The Labute approximate surface area is 76.5 Å². The Morgan fingerprint density at radius 2 is 1.92 bits per heavy atom. The van der Waals surface area contributed by atoms with Gasteiger partial charge in [-0.15, -0.1) is 0 Å². The fourth-order valence-electron chi connectivity index (χ4n) is 2.02. The summed E-state index contributed by atoms with van der Waals surface area (Å²) < 4.78 is 5.73. The monoisotopic (exact) mass is 170 g/mol. The minimum absolute atomic E-state index is 0.536. The van der Waals surface area contributed by atoms with Crippen molar-refractivity contribution in [3.05, 3.63) is 0 Å². The van der Waals surface area contributed by atoms with Gasteiger partial charge in [-0.3, -0.25) is 0 Å². The van der Waals surface area contributed by atoms with Crippen molar-refractivity contribution in [2.24, 2.45) is 17.8 Å². The molecule has 72 valence electrons. The molecule has 1 rings (SSSR count). The molecule has 0 radical (unpaired) electrons. The minimum Gasteiger partial charge on any atom is -0.378 e. The first-order valence-corrected chi connectivity index (χ1v) is 5.21. The molecular weight excluding hydrogens is 148 g/mol. The van der Waals surface area contributed by atoms with E-state index in [0.717, 1.165) is 18.4 Å². The van der Waals surface area contributed by atoms with Gasteiger partial charge < -0.3 is 4.74 Å². The number of rotatable bonds is 3. The second-order valence-corrected chi connectivity index (χ2v) is 4.85. The smallest absolute Gasteiger partial charge is 0.0601 e. The van der Waals surface area contributed by atoms with Crippen LogP contribution in [0.1, 0.15) is 40.5 Å². The van der Waals surface area contributed by atoms with Gasteiger partial charge in [-0.05, 0) is 30.6 Å². The maximum Gasteiger partial charge on any atom is 0.0601 e. The van der Waals surface area contributed by atoms with Crippen LogP contribution < -0.4 is 0 Å². The van der Waals surface area contributed by atoms with Gasteiger partial charge in [0.05, 0.1) is 6.10 Å². The molecule has 1 fully saturated rings. The van der Waals surface area contributed by atoms with Crippen molar-refractivity contribution in [2.75, 3.05) is 6.61 Å². The second-order valence-electron chi connectivity index (χ2n) is 4.85. The van der Waals surface area contributed by atoms with E-state index < -0.39 is 0 Å². The van der Waals surface area contributed by atoms with Crippen LogP contribution in [0.4, 0.5) is 0 Å². The molecule has 0 bridgehead atoms. The summed E-state index contributed by atoms with van der Waals surface area (Å²) in [5.74, 6) is 2.35. The van der Waals surface area contributed by atoms with E-state index in [0.29, 0.717) is 12.0 Å². The third kappa shape index (κ3) is 2.78. The molecule has 0 N–H and O–H groups in total. The summed E-state index contributed by atoms with van der Waals surface area (Å²) in [6.07, 6.45) is 3.16. The predicted molar refractivity (Wildman–Crippen MR) is 52.1 cm³/mol. The van der Waals surface area contributed by atoms with E-state index in [-0.39, 0.29) is 0 Å². The molecule has 1 saturated heterocycles. The molecule has 2 unspecified atom stereocenters. The summed E-state index contributed by atoms with van der Waals surface area (Å²) >= 11 is 0. The van der Waals surface area contributed by atoms with E-state index >= 15 is 0 Å². The largest absolute Gasteiger partial charge is 0.378 e. The van der Waals surface area contributed by atoms with Crippen LogP contribution >= 0.6 is 0 Å². The van der Waals surface area contributed by atoms with Gasteiger partial charge >= 0.3 is 0 Å². The Balaban J connectivity index is 2.26. The molecule has 1 aliphatic rings.